The zero-order valence-corrected chi connectivity index (χ0v) is 11.4. The van der Waals surface area contributed by atoms with E-state index in [1.165, 1.54) is 6.33 Å². The van der Waals surface area contributed by atoms with E-state index >= 15 is 0 Å². The van der Waals surface area contributed by atoms with Gasteiger partial charge in [-0.15, -0.1) is 0 Å². The second kappa shape index (κ2) is 7.50. The average Bonchev–Trinajstić information content (AvgIpc) is 2.42. The number of nitrogens with one attached hydrogen (secondary N) is 1. The number of halogens is 1. The summed E-state index contributed by atoms with van der Waals surface area (Å²) in [5.41, 5.74) is 0.913. The summed E-state index contributed by atoms with van der Waals surface area (Å²) >= 11 is 5.75. The highest BCUT2D eigenvalue weighted by atomic mass is 35.5. The molecular formula is C13H16ClN3O. The highest BCUT2D eigenvalue weighted by Gasteiger charge is 1.98. The highest BCUT2D eigenvalue weighted by Crippen LogP contribution is 2.19. The van der Waals surface area contributed by atoms with Gasteiger partial charge in [-0.05, 0) is 24.3 Å². The molecule has 4 nitrogen and oxygen atoms in total. The molecule has 0 unspecified atom stereocenters. The van der Waals surface area contributed by atoms with Crippen molar-refractivity contribution < 1.29 is 4.74 Å². The van der Waals surface area contributed by atoms with Gasteiger partial charge in [-0.3, -0.25) is 0 Å². The summed E-state index contributed by atoms with van der Waals surface area (Å²) in [4.78, 5) is 7.84. The Balaban J connectivity index is 0.000000771. The van der Waals surface area contributed by atoms with Crippen LogP contribution in [0.1, 0.15) is 13.8 Å². The normalized spacial score (nSPS) is 9.11. The Labute approximate surface area is 112 Å². The third-order valence-electron chi connectivity index (χ3n) is 2.00. The second-order valence-corrected chi connectivity index (χ2v) is 3.47. The average molecular weight is 266 g/mol. The van der Waals surface area contributed by atoms with E-state index in [-0.39, 0.29) is 0 Å². The summed E-state index contributed by atoms with van der Waals surface area (Å²) in [5, 5.41) is 3.51. The first-order valence-corrected chi connectivity index (χ1v) is 6.04. The standard InChI is InChI=1S/C11H10ClN3O.C2H6/c1-16-9-4-2-8(3-5-9)15-11-6-10(12)13-7-14-11;1-2/h2-7H,1H3,(H,13,14,15);1-2H3. The fraction of sp³-hybridized carbons (Fsp3) is 0.231. The SMILES string of the molecule is CC.COc1ccc(Nc2cc(Cl)ncn2)cc1. The van der Waals surface area contributed by atoms with Crippen molar-refractivity contribution in [3.05, 3.63) is 41.8 Å². The molecule has 5 heteroatoms. The monoisotopic (exact) mass is 265 g/mol. The van der Waals surface area contributed by atoms with Gasteiger partial charge in [-0.2, -0.15) is 0 Å². The number of anilines is 2. The Morgan fingerprint density at radius 1 is 1.11 bits per heavy atom. The van der Waals surface area contributed by atoms with Crippen molar-refractivity contribution in [3.63, 3.8) is 0 Å². The third kappa shape index (κ3) is 4.22. The van der Waals surface area contributed by atoms with Gasteiger partial charge in [0.15, 0.2) is 0 Å². The van der Waals surface area contributed by atoms with Crippen molar-refractivity contribution in [1.29, 1.82) is 0 Å². The molecule has 0 radical (unpaired) electrons. The number of benzene rings is 1. The summed E-state index contributed by atoms with van der Waals surface area (Å²) in [6.07, 6.45) is 1.41. The Morgan fingerprint density at radius 2 is 1.78 bits per heavy atom. The van der Waals surface area contributed by atoms with Crippen LogP contribution in [0, 0.1) is 0 Å². The van der Waals surface area contributed by atoms with Gasteiger partial charge in [0.25, 0.3) is 0 Å². The molecule has 0 fully saturated rings. The predicted molar refractivity (Wildman–Crippen MR) is 74.7 cm³/mol. The fourth-order valence-corrected chi connectivity index (χ4v) is 1.37. The molecule has 0 saturated carbocycles. The molecule has 0 aliphatic heterocycles. The number of ether oxygens (including phenoxy) is 1. The molecule has 1 N–H and O–H groups in total. The Morgan fingerprint density at radius 3 is 2.33 bits per heavy atom. The zero-order valence-electron chi connectivity index (χ0n) is 10.6. The number of methoxy groups -OCH3 is 1. The number of aromatic nitrogens is 2. The first-order chi connectivity index (χ1) is 8.78. The predicted octanol–water partition coefficient (Wildman–Crippen LogP) is 3.91. The Hall–Kier alpha value is -1.81. The molecule has 96 valence electrons. The van der Waals surface area contributed by atoms with Gasteiger partial charge >= 0.3 is 0 Å². The summed E-state index contributed by atoms with van der Waals surface area (Å²) in [5.74, 6) is 1.47. The lowest BCUT2D eigenvalue weighted by Gasteiger charge is -2.06. The first-order valence-electron chi connectivity index (χ1n) is 5.66. The number of nitrogens with zero attached hydrogens (tertiary/aromatic N) is 2. The summed E-state index contributed by atoms with van der Waals surface area (Å²) in [7, 11) is 1.63. The van der Waals surface area contributed by atoms with Crippen molar-refractivity contribution in [2.75, 3.05) is 12.4 Å². The van der Waals surface area contributed by atoms with Gasteiger partial charge in [0, 0.05) is 11.8 Å². The van der Waals surface area contributed by atoms with Gasteiger partial charge in [-0.1, -0.05) is 25.4 Å². The van der Waals surface area contributed by atoms with Crippen molar-refractivity contribution in [2.24, 2.45) is 0 Å². The van der Waals surface area contributed by atoms with Crippen LogP contribution in [-0.4, -0.2) is 17.1 Å². The van der Waals surface area contributed by atoms with Gasteiger partial charge in [0.05, 0.1) is 7.11 Å². The minimum atomic E-state index is 0.408. The molecule has 1 heterocycles. The lowest BCUT2D eigenvalue weighted by molar-refractivity contribution is 0.415. The summed E-state index contributed by atoms with van der Waals surface area (Å²) in [6.45, 7) is 4.00. The Kier molecular flexibility index (Phi) is 5.94. The van der Waals surface area contributed by atoms with Crippen molar-refractivity contribution >= 4 is 23.1 Å². The molecule has 18 heavy (non-hydrogen) atoms. The summed E-state index contributed by atoms with van der Waals surface area (Å²) < 4.78 is 5.06. The second-order valence-electron chi connectivity index (χ2n) is 3.08. The molecule has 2 rings (SSSR count). The van der Waals surface area contributed by atoms with E-state index in [1.54, 1.807) is 13.2 Å². The first kappa shape index (κ1) is 14.3. The minimum absolute atomic E-state index is 0.408. The molecule has 1 aromatic heterocycles. The van der Waals surface area contributed by atoms with E-state index in [2.05, 4.69) is 15.3 Å². The molecule has 0 saturated heterocycles. The summed E-state index contributed by atoms with van der Waals surface area (Å²) in [6, 6.07) is 9.19. The van der Waals surface area contributed by atoms with E-state index in [4.69, 9.17) is 16.3 Å². The molecular weight excluding hydrogens is 250 g/mol. The largest absolute Gasteiger partial charge is 0.497 e. The molecule has 0 aliphatic carbocycles. The van der Waals surface area contributed by atoms with Crippen LogP contribution in [0.25, 0.3) is 0 Å². The molecule has 0 aliphatic rings. The van der Waals surface area contributed by atoms with E-state index < -0.39 is 0 Å². The van der Waals surface area contributed by atoms with Crippen molar-refractivity contribution in [3.8, 4) is 5.75 Å². The maximum absolute atomic E-state index is 5.75. The van der Waals surface area contributed by atoms with E-state index in [0.717, 1.165) is 11.4 Å². The van der Waals surface area contributed by atoms with Crippen LogP contribution in [-0.2, 0) is 0 Å². The number of rotatable bonds is 3. The van der Waals surface area contributed by atoms with Gasteiger partial charge in [0.1, 0.15) is 23.0 Å². The van der Waals surface area contributed by atoms with Gasteiger partial charge in [0.2, 0.25) is 0 Å². The molecule has 0 amide bonds. The maximum atomic E-state index is 5.75. The van der Waals surface area contributed by atoms with Gasteiger partial charge in [-0.25, -0.2) is 9.97 Å². The van der Waals surface area contributed by atoms with Crippen LogP contribution in [0.4, 0.5) is 11.5 Å². The number of hydrogen-bond donors (Lipinski definition) is 1. The molecule has 0 bridgehead atoms. The van der Waals surface area contributed by atoms with E-state index in [1.807, 2.05) is 38.1 Å². The maximum Gasteiger partial charge on any atom is 0.135 e. The van der Waals surface area contributed by atoms with Crippen LogP contribution in [0.2, 0.25) is 5.15 Å². The van der Waals surface area contributed by atoms with Crippen LogP contribution < -0.4 is 10.1 Å². The number of hydrogen-bond acceptors (Lipinski definition) is 4. The lowest BCUT2D eigenvalue weighted by atomic mass is 10.3. The van der Waals surface area contributed by atoms with Crippen molar-refractivity contribution in [1.82, 2.24) is 9.97 Å². The van der Waals surface area contributed by atoms with Gasteiger partial charge < -0.3 is 10.1 Å². The molecule has 0 spiro atoms. The molecule has 0 atom stereocenters. The minimum Gasteiger partial charge on any atom is -0.497 e. The van der Waals surface area contributed by atoms with E-state index in [9.17, 15) is 0 Å². The molecule has 1 aromatic carbocycles. The highest BCUT2D eigenvalue weighted by molar-refractivity contribution is 6.29. The van der Waals surface area contributed by atoms with Crippen LogP contribution in [0.5, 0.6) is 5.75 Å². The topological polar surface area (TPSA) is 47.0 Å². The Bertz CT molecular complexity index is 474. The smallest absolute Gasteiger partial charge is 0.135 e. The van der Waals surface area contributed by atoms with Crippen LogP contribution in [0.3, 0.4) is 0 Å². The quantitative estimate of drug-likeness (QED) is 0.855. The molecule has 2 aromatic rings. The van der Waals surface area contributed by atoms with Crippen LogP contribution >= 0.6 is 11.6 Å². The lowest BCUT2D eigenvalue weighted by Crippen LogP contribution is -1.94. The fourth-order valence-electron chi connectivity index (χ4n) is 1.22. The van der Waals surface area contributed by atoms with E-state index in [0.29, 0.717) is 11.0 Å². The third-order valence-corrected chi connectivity index (χ3v) is 2.20. The zero-order chi connectivity index (χ0) is 13.4. The van der Waals surface area contributed by atoms with Crippen LogP contribution in [0.15, 0.2) is 36.7 Å². The van der Waals surface area contributed by atoms with Crippen molar-refractivity contribution in [2.45, 2.75) is 13.8 Å².